The van der Waals surface area contributed by atoms with Crippen LogP contribution in [0.2, 0.25) is 0 Å². The van der Waals surface area contributed by atoms with Gasteiger partial charge in [-0.25, -0.2) is 4.98 Å². The Hall–Kier alpha value is -2.35. The molecule has 1 aliphatic rings. The number of hydrogen-bond acceptors (Lipinski definition) is 5. The van der Waals surface area contributed by atoms with Gasteiger partial charge in [0.05, 0.1) is 5.56 Å². The highest BCUT2D eigenvalue weighted by atomic mass is 19.4. The first kappa shape index (κ1) is 18.4. The Morgan fingerprint density at radius 1 is 1.08 bits per heavy atom. The van der Waals surface area contributed by atoms with Gasteiger partial charge in [0.15, 0.2) is 0 Å². The summed E-state index contributed by atoms with van der Waals surface area (Å²) in [7, 11) is 0. The van der Waals surface area contributed by atoms with Crippen molar-refractivity contribution in [3.63, 3.8) is 0 Å². The summed E-state index contributed by atoms with van der Waals surface area (Å²) >= 11 is 0. The zero-order valence-corrected chi connectivity index (χ0v) is 14.8. The number of aryl methyl sites for hydroxylation is 1. The number of anilines is 3. The van der Waals surface area contributed by atoms with Gasteiger partial charge in [-0.05, 0) is 31.7 Å². The van der Waals surface area contributed by atoms with Gasteiger partial charge in [-0.3, -0.25) is 0 Å². The number of benzene rings is 1. The van der Waals surface area contributed by atoms with E-state index >= 15 is 0 Å². The Bertz CT molecular complexity index is 755. The molecule has 0 radical (unpaired) electrons. The van der Waals surface area contributed by atoms with E-state index in [9.17, 15) is 13.2 Å². The first-order valence-electron chi connectivity index (χ1n) is 8.62. The molecule has 2 aromatic rings. The van der Waals surface area contributed by atoms with E-state index in [-0.39, 0.29) is 0 Å². The fourth-order valence-electron chi connectivity index (χ4n) is 2.94. The highest BCUT2D eigenvalue weighted by molar-refractivity contribution is 5.59. The maximum Gasteiger partial charge on any atom is 0.416 e. The third kappa shape index (κ3) is 4.43. The molecule has 8 heteroatoms. The number of likely N-dealkylation sites (N-methyl/N-ethyl adjacent to an activating group) is 1. The lowest BCUT2D eigenvalue weighted by Crippen LogP contribution is -2.46. The fourth-order valence-corrected chi connectivity index (χ4v) is 2.94. The summed E-state index contributed by atoms with van der Waals surface area (Å²) in [5.74, 6) is 1.10. The molecule has 140 valence electrons. The minimum Gasteiger partial charge on any atom is -0.340 e. The van der Waals surface area contributed by atoms with Gasteiger partial charge in [-0.1, -0.05) is 13.0 Å². The minimum absolute atomic E-state index is 0.347. The SMILES string of the molecule is CCN1CCN(c2nc(C)cc(Nc3cccc(C(F)(F)F)c3)n2)CC1. The number of hydrogen-bond donors (Lipinski definition) is 1. The van der Waals surface area contributed by atoms with Gasteiger partial charge in [0.2, 0.25) is 5.95 Å². The van der Waals surface area contributed by atoms with Crippen molar-refractivity contribution in [2.24, 2.45) is 0 Å². The maximum absolute atomic E-state index is 12.9. The number of piperazine rings is 1. The molecule has 1 aromatic heterocycles. The third-order valence-corrected chi connectivity index (χ3v) is 4.41. The monoisotopic (exact) mass is 365 g/mol. The quantitative estimate of drug-likeness (QED) is 0.895. The predicted molar refractivity (Wildman–Crippen MR) is 95.8 cm³/mol. The van der Waals surface area contributed by atoms with Gasteiger partial charge in [-0.15, -0.1) is 0 Å². The Morgan fingerprint density at radius 2 is 1.81 bits per heavy atom. The second kappa shape index (κ2) is 7.49. The van der Waals surface area contributed by atoms with Crippen LogP contribution in [0.1, 0.15) is 18.2 Å². The lowest BCUT2D eigenvalue weighted by molar-refractivity contribution is -0.137. The Morgan fingerprint density at radius 3 is 2.46 bits per heavy atom. The molecule has 5 nitrogen and oxygen atoms in total. The number of halogens is 3. The van der Waals surface area contributed by atoms with Crippen LogP contribution >= 0.6 is 0 Å². The molecule has 0 aliphatic carbocycles. The van der Waals surface area contributed by atoms with Crippen LogP contribution < -0.4 is 10.2 Å². The second-order valence-corrected chi connectivity index (χ2v) is 6.32. The van der Waals surface area contributed by atoms with E-state index in [0.717, 1.165) is 50.6 Å². The molecule has 0 atom stereocenters. The molecule has 0 unspecified atom stereocenters. The molecule has 1 N–H and O–H groups in total. The molecule has 3 rings (SSSR count). The number of nitrogens with one attached hydrogen (secondary N) is 1. The molecule has 1 saturated heterocycles. The first-order valence-corrected chi connectivity index (χ1v) is 8.62. The molecule has 2 heterocycles. The van der Waals surface area contributed by atoms with Crippen LogP contribution in [0.5, 0.6) is 0 Å². The summed E-state index contributed by atoms with van der Waals surface area (Å²) in [5.41, 5.74) is 0.422. The van der Waals surface area contributed by atoms with Crippen molar-refractivity contribution in [3.8, 4) is 0 Å². The summed E-state index contributed by atoms with van der Waals surface area (Å²) in [6.45, 7) is 8.57. The van der Waals surface area contributed by atoms with Crippen LogP contribution in [0.25, 0.3) is 0 Å². The van der Waals surface area contributed by atoms with Crippen molar-refractivity contribution < 1.29 is 13.2 Å². The second-order valence-electron chi connectivity index (χ2n) is 6.32. The average Bonchev–Trinajstić information content (AvgIpc) is 2.61. The maximum atomic E-state index is 12.9. The molecule has 0 amide bonds. The van der Waals surface area contributed by atoms with Crippen molar-refractivity contribution in [2.75, 3.05) is 42.9 Å². The van der Waals surface area contributed by atoms with Gasteiger partial charge in [0.1, 0.15) is 5.82 Å². The average molecular weight is 365 g/mol. The zero-order chi connectivity index (χ0) is 18.7. The van der Waals surface area contributed by atoms with Crippen LogP contribution in [-0.2, 0) is 6.18 Å². The molecule has 0 bridgehead atoms. The zero-order valence-electron chi connectivity index (χ0n) is 14.8. The minimum atomic E-state index is -4.37. The van der Waals surface area contributed by atoms with Gasteiger partial charge < -0.3 is 15.1 Å². The van der Waals surface area contributed by atoms with Crippen molar-refractivity contribution in [1.82, 2.24) is 14.9 Å². The van der Waals surface area contributed by atoms with Crippen molar-refractivity contribution >= 4 is 17.5 Å². The van der Waals surface area contributed by atoms with E-state index in [0.29, 0.717) is 17.5 Å². The summed E-state index contributed by atoms with van der Waals surface area (Å²) in [5, 5.41) is 2.97. The number of rotatable bonds is 4. The van der Waals surface area contributed by atoms with Crippen LogP contribution in [0.15, 0.2) is 30.3 Å². The van der Waals surface area contributed by atoms with Gasteiger partial charge in [0, 0.05) is 43.6 Å². The van der Waals surface area contributed by atoms with E-state index in [1.54, 1.807) is 12.1 Å². The highest BCUT2D eigenvalue weighted by Gasteiger charge is 2.30. The Balaban J connectivity index is 1.78. The van der Waals surface area contributed by atoms with Crippen LogP contribution in [0.3, 0.4) is 0 Å². The lowest BCUT2D eigenvalue weighted by Gasteiger charge is -2.34. The summed E-state index contributed by atoms with van der Waals surface area (Å²) in [4.78, 5) is 13.4. The van der Waals surface area contributed by atoms with Gasteiger partial charge in [0.25, 0.3) is 0 Å². The van der Waals surface area contributed by atoms with E-state index in [1.165, 1.54) is 6.07 Å². The molecular formula is C18H22F3N5. The third-order valence-electron chi connectivity index (χ3n) is 4.41. The summed E-state index contributed by atoms with van der Waals surface area (Å²) in [6.07, 6.45) is -4.37. The predicted octanol–water partition coefficient (Wildman–Crippen LogP) is 3.69. The van der Waals surface area contributed by atoms with Gasteiger partial charge >= 0.3 is 6.18 Å². The smallest absolute Gasteiger partial charge is 0.340 e. The standard InChI is InChI=1S/C18H22F3N5/c1-3-25-7-9-26(10-8-25)17-22-13(2)11-16(24-17)23-15-6-4-5-14(12-15)18(19,20)21/h4-6,11-12H,3,7-10H2,1-2H3,(H,22,23,24). The number of alkyl halides is 3. The Kier molecular flexibility index (Phi) is 5.31. The summed E-state index contributed by atoms with van der Waals surface area (Å²) in [6, 6.07) is 6.83. The van der Waals surface area contributed by atoms with E-state index in [4.69, 9.17) is 0 Å². The van der Waals surface area contributed by atoms with E-state index < -0.39 is 11.7 Å². The largest absolute Gasteiger partial charge is 0.416 e. The lowest BCUT2D eigenvalue weighted by atomic mass is 10.2. The van der Waals surface area contributed by atoms with Gasteiger partial charge in [-0.2, -0.15) is 18.2 Å². The van der Waals surface area contributed by atoms with Crippen molar-refractivity contribution in [3.05, 3.63) is 41.6 Å². The molecular weight excluding hydrogens is 343 g/mol. The van der Waals surface area contributed by atoms with Crippen LogP contribution in [0, 0.1) is 6.92 Å². The van der Waals surface area contributed by atoms with Crippen LogP contribution in [-0.4, -0.2) is 47.6 Å². The molecule has 0 spiro atoms. The normalized spacial score (nSPS) is 16.0. The molecule has 1 aliphatic heterocycles. The number of nitrogens with zero attached hydrogens (tertiary/aromatic N) is 4. The van der Waals surface area contributed by atoms with E-state index in [2.05, 4.69) is 32.0 Å². The fraction of sp³-hybridized carbons (Fsp3) is 0.444. The molecule has 26 heavy (non-hydrogen) atoms. The number of aromatic nitrogens is 2. The molecule has 0 saturated carbocycles. The topological polar surface area (TPSA) is 44.3 Å². The highest BCUT2D eigenvalue weighted by Crippen LogP contribution is 2.31. The van der Waals surface area contributed by atoms with E-state index in [1.807, 2.05) is 6.92 Å². The van der Waals surface area contributed by atoms with Crippen molar-refractivity contribution in [2.45, 2.75) is 20.0 Å². The Labute approximate surface area is 150 Å². The first-order chi connectivity index (χ1) is 12.3. The van der Waals surface area contributed by atoms with Crippen LogP contribution in [0.4, 0.5) is 30.6 Å². The molecule has 1 aromatic carbocycles. The molecule has 1 fully saturated rings. The summed E-state index contributed by atoms with van der Waals surface area (Å²) < 4.78 is 38.6. The van der Waals surface area contributed by atoms with Crippen molar-refractivity contribution in [1.29, 1.82) is 0 Å².